The largest absolute Gasteiger partial charge is 0.323 e. The summed E-state index contributed by atoms with van der Waals surface area (Å²) >= 11 is 7.51. The molecule has 0 aromatic carbocycles. The van der Waals surface area contributed by atoms with Gasteiger partial charge in [-0.2, -0.15) is 0 Å². The molecule has 0 radical (unpaired) electrons. The van der Waals surface area contributed by atoms with Crippen LogP contribution in [0, 0.1) is 5.92 Å². The normalized spacial score (nSPS) is 19.6. The van der Waals surface area contributed by atoms with Crippen molar-refractivity contribution in [1.29, 1.82) is 0 Å². The lowest BCUT2D eigenvalue weighted by atomic mass is 9.98. The lowest BCUT2D eigenvalue weighted by Crippen LogP contribution is -2.10. The zero-order valence-electron chi connectivity index (χ0n) is 8.92. The second-order valence-corrected chi connectivity index (χ2v) is 6.22. The molecule has 15 heavy (non-hydrogen) atoms. The summed E-state index contributed by atoms with van der Waals surface area (Å²) in [6.45, 7) is 0. The number of hydrogen-bond acceptors (Lipinski definition) is 2. The molecule has 0 amide bonds. The van der Waals surface area contributed by atoms with Crippen LogP contribution in [-0.4, -0.2) is 0 Å². The summed E-state index contributed by atoms with van der Waals surface area (Å²) in [5, 5.41) is 0. The molecule has 84 valence electrons. The van der Waals surface area contributed by atoms with Crippen LogP contribution < -0.4 is 5.73 Å². The topological polar surface area (TPSA) is 26.0 Å². The third-order valence-electron chi connectivity index (χ3n) is 3.32. The van der Waals surface area contributed by atoms with Gasteiger partial charge in [0.05, 0.1) is 4.34 Å². The lowest BCUT2D eigenvalue weighted by Gasteiger charge is -2.13. The van der Waals surface area contributed by atoms with Gasteiger partial charge in [-0.25, -0.2) is 0 Å². The fourth-order valence-electron chi connectivity index (χ4n) is 2.38. The molecule has 1 aromatic rings. The van der Waals surface area contributed by atoms with Crippen molar-refractivity contribution in [3.05, 3.63) is 21.3 Å². The van der Waals surface area contributed by atoms with Gasteiger partial charge >= 0.3 is 0 Å². The number of thiophene rings is 1. The van der Waals surface area contributed by atoms with Crippen molar-refractivity contribution in [2.24, 2.45) is 11.7 Å². The van der Waals surface area contributed by atoms with E-state index in [9.17, 15) is 0 Å². The van der Waals surface area contributed by atoms with Gasteiger partial charge in [0.1, 0.15) is 0 Å². The van der Waals surface area contributed by atoms with Gasteiger partial charge in [-0.1, -0.05) is 37.3 Å². The van der Waals surface area contributed by atoms with E-state index >= 15 is 0 Å². The Labute approximate surface area is 101 Å². The highest BCUT2D eigenvalue weighted by Crippen LogP contribution is 2.33. The van der Waals surface area contributed by atoms with Crippen molar-refractivity contribution >= 4 is 22.9 Å². The predicted molar refractivity (Wildman–Crippen MR) is 67.4 cm³/mol. The van der Waals surface area contributed by atoms with E-state index < -0.39 is 0 Å². The first-order valence-electron chi connectivity index (χ1n) is 5.76. The van der Waals surface area contributed by atoms with Gasteiger partial charge in [-0.15, -0.1) is 11.3 Å². The molecule has 0 saturated heterocycles. The first-order chi connectivity index (χ1) is 7.25. The molecule has 1 aliphatic carbocycles. The van der Waals surface area contributed by atoms with E-state index in [0.29, 0.717) is 0 Å². The van der Waals surface area contributed by atoms with E-state index in [1.54, 1.807) is 11.3 Å². The fraction of sp³-hybridized carbons (Fsp3) is 0.667. The summed E-state index contributed by atoms with van der Waals surface area (Å²) < 4.78 is 0.848. The van der Waals surface area contributed by atoms with Gasteiger partial charge in [0.15, 0.2) is 0 Å². The molecule has 1 saturated carbocycles. The van der Waals surface area contributed by atoms with Gasteiger partial charge < -0.3 is 5.73 Å². The van der Waals surface area contributed by atoms with Crippen molar-refractivity contribution in [3.8, 4) is 0 Å². The zero-order chi connectivity index (χ0) is 10.7. The van der Waals surface area contributed by atoms with Crippen molar-refractivity contribution in [2.75, 3.05) is 0 Å². The van der Waals surface area contributed by atoms with E-state index in [-0.39, 0.29) is 6.04 Å². The highest BCUT2D eigenvalue weighted by atomic mass is 35.5. The predicted octanol–water partition coefficient (Wildman–Crippen LogP) is 4.37. The smallest absolute Gasteiger partial charge is 0.0931 e. The van der Waals surface area contributed by atoms with Crippen LogP contribution in [-0.2, 0) is 0 Å². The molecule has 0 spiro atoms. The highest BCUT2D eigenvalue weighted by molar-refractivity contribution is 7.16. The Morgan fingerprint density at radius 2 is 2.13 bits per heavy atom. The average molecular weight is 244 g/mol. The minimum absolute atomic E-state index is 0.197. The van der Waals surface area contributed by atoms with Crippen molar-refractivity contribution in [3.63, 3.8) is 0 Å². The zero-order valence-corrected chi connectivity index (χ0v) is 10.5. The van der Waals surface area contributed by atoms with Gasteiger partial charge in [0.2, 0.25) is 0 Å². The Kier molecular flexibility index (Phi) is 4.06. The maximum Gasteiger partial charge on any atom is 0.0931 e. The number of nitrogens with two attached hydrogens (primary N) is 1. The molecule has 2 rings (SSSR count). The van der Waals surface area contributed by atoms with Gasteiger partial charge in [-0.05, 0) is 30.9 Å². The Morgan fingerprint density at radius 1 is 1.40 bits per heavy atom. The monoisotopic (exact) mass is 243 g/mol. The van der Waals surface area contributed by atoms with E-state index in [1.807, 2.05) is 6.07 Å². The molecule has 1 unspecified atom stereocenters. The molecular weight excluding hydrogens is 226 g/mol. The minimum Gasteiger partial charge on any atom is -0.323 e. The van der Waals surface area contributed by atoms with E-state index in [2.05, 4.69) is 6.07 Å². The summed E-state index contributed by atoms with van der Waals surface area (Å²) in [5.74, 6) is 0.937. The quantitative estimate of drug-likeness (QED) is 0.835. The molecule has 1 heterocycles. The van der Waals surface area contributed by atoms with Gasteiger partial charge in [0.25, 0.3) is 0 Å². The summed E-state index contributed by atoms with van der Waals surface area (Å²) in [6, 6.07) is 4.20. The van der Waals surface area contributed by atoms with Crippen LogP contribution in [0.1, 0.15) is 49.4 Å². The third kappa shape index (κ3) is 3.20. The molecule has 3 heteroatoms. The van der Waals surface area contributed by atoms with E-state index in [4.69, 9.17) is 17.3 Å². The Bertz CT molecular complexity index is 304. The molecule has 1 atom stereocenters. The summed E-state index contributed by atoms with van der Waals surface area (Å²) in [7, 11) is 0. The van der Waals surface area contributed by atoms with Crippen LogP contribution in [0.25, 0.3) is 0 Å². The van der Waals surface area contributed by atoms with E-state index in [0.717, 1.165) is 16.7 Å². The molecule has 2 N–H and O–H groups in total. The maximum absolute atomic E-state index is 6.14. The summed E-state index contributed by atoms with van der Waals surface area (Å²) in [6.07, 6.45) is 8.07. The first kappa shape index (κ1) is 11.4. The maximum atomic E-state index is 6.14. The number of hydrogen-bond donors (Lipinski definition) is 1. The standard InChI is InChI=1S/C12H18ClNS/c13-12-8-7-11(15-12)10(14)6-5-9-3-1-2-4-9/h7-10H,1-6,14H2. The third-order valence-corrected chi connectivity index (χ3v) is 4.68. The molecule has 1 nitrogen and oxygen atoms in total. The van der Waals surface area contributed by atoms with Crippen molar-refractivity contribution in [2.45, 2.75) is 44.6 Å². The molecule has 0 bridgehead atoms. The minimum atomic E-state index is 0.197. The molecule has 1 aliphatic rings. The number of rotatable bonds is 4. The second kappa shape index (κ2) is 5.33. The fourth-order valence-corrected chi connectivity index (χ4v) is 3.48. The van der Waals surface area contributed by atoms with E-state index in [1.165, 1.54) is 37.0 Å². The van der Waals surface area contributed by atoms with Crippen LogP contribution >= 0.6 is 22.9 Å². The van der Waals surface area contributed by atoms with Crippen molar-refractivity contribution < 1.29 is 0 Å². The average Bonchev–Trinajstić information content (AvgIpc) is 2.84. The molecule has 1 aromatic heterocycles. The second-order valence-electron chi connectivity index (χ2n) is 4.48. The molecular formula is C12H18ClNS. The van der Waals surface area contributed by atoms with Crippen LogP contribution in [0.15, 0.2) is 12.1 Å². The highest BCUT2D eigenvalue weighted by Gasteiger charge is 2.17. The van der Waals surface area contributed by atoms with Gasteiger partial charge in [0, 0.05) is 10.9 Å². The Hall–Kier alpha value is -0.0500. The molecule has 0 aliphatic heterocycles. The van der Waals surface area contributed by atoms with Crippen LogP contribution in [0.4, 0.5) is 0 Å². The first-order valence-corrected chi connectivity index (χ1v) is 6.96. The number of halogens is 1. The van der Waals surface area contributed by atoms with Crippen molar-refractivity contribution in [1.82, 2.24) is 0 Å². The Balaban J connectivity index is 1.79. The van der Waals surface area contributed by atoms with Gasteiger partial charge in [-0.3, -0.25) is 0 Å². The van der Waals surface area contributed by atoms with Crippen LogP contribution in [0.2, 0.25) is 4.34 Å². The summed E-state index contributed by atoms with van der Waals surface area (Å²) in [4.78, 5) is 1.23. The molecule has 1 fully saturated rings. The Morgan fingerprint density at radius 3 is 2.73 bits per heavy atom. The lowest BCUT2D eigenvalue weighted by molar-refractivity contribution is 0.456. The summed E-state index contributed by atoms with van der Waals surface area (Å²) in [5.41, 5.74) is 6.14. The van der Waals surface area contributed by atoms with Crippen LogP contribution in [0.3, 0.4) is 0 Å². The van der Waals surface area contributed by atoms with Crippen LogP contribution in [0.5, 0.6) is 0 Å². The SMILES string of the molecule is NC(CCC1CCCC1)c1ccc(Cl)s1.